The first kappa shape index (κ1) is 10.5. The van der Waals surface area contributed by atoms with Gasteiger partial charge < -0.3 is 4.98 Å². The normalized spacial score (nSPS) is 11.6. The van der Waals surface area contributed by atoms with Crippen LogP contribution in [0, 0.1) is 0 Å². The van der Waals surface area contributed by atoms with Gasteiger partial charge in [-0.25, -0.2) is 4.98 Å². The molecule has 4 aromatic heterocycles. The van der Waals surface area contributed by atoms with Gasteiger partial charge in [0.15, 0.2) is 0 Å². The van der Waals surface area contributed by atoms with Gasteiger partial charge in [0.05, 0.1) is 26.4 Å². The van der Waals surface area contributed by atoms with Gasteiger partial charge in [0.2, 0.25) is 0 Å². The third kappa shape index (κ3) is 1.48. The zero-order chi connectivity index (χ0) is 12.1. The van der Waals surface area contributed by atoms with Crippen molar-refractivity contribution in [2.24, 2.45) is 0 Å². The first-order chi connectivity index (χ1) is 8.81. The summed E-state index contributed by atoms with van der Waals surface area (Å²) in [6.07, 6.45) is 1.83. The van der Waals surface area contributed by atoms with Gasteiger partial charge in [0, 0.05) is 16.1 Å². The van der Waals surface area contributed by atoms with Crippen LogP contribution in [-0.4, -0.2) is 15.0 Å². The Morgan fingerprint density at radius 3 is 3.00 bits per heavy atom. The molecule has 0 saturated heterocycles. The molecule has 0 saturated carbocycles. The van der Waals surface area contributed by atoms with E-state index >= 15 is 0 Å². The fraction of sp³-hybridized carbons (Fsp3) is 0. The second-order valence-corrected chi connectivity index (χ2v) is 6.34. The third-order valence-corrected chi connectivity index (χ3v) is 4.74. The van der Waals surface area contributed by atoms with Crippen molar-refractivity contribution in [1.29, 1.82) is 0 Å². The summed E-state index contributed by atoms with van der Waals surface area (Å²) >= 11 is 9.11. The van der Waals surface area contributed by atoms with Crippen LogP contribution in [0.5, 0.6) is 0 Å². The van der Waals surface area contributed by atoms with Gasteiger partial charge in [-0.05, 0) is 12.1 Å². The fourth-order valence-electron chi connectivity index (χ4n) is 1.95. The maximum atomic E-state index is 5.95. The summed E-state index contributed by atoms with van der Waals surface area (Å²) < 4.78 is 0.768. The fourth-order valence-corrected chi connectivity index (χ4v) is 3.69. The lowest BCUT2D eigenvalue weighted by molar-refractivity contribution is 1.35. The second kappa shape index (κ2) is 3.78. The molecule has 88 valence electrons. The molecule has 4 rings (SSSR count). The number of aromatic amines is 1. The number of nitrogens with one attached hydrogen (secondary N) is 1. The van der Waals surface area contributed by atoms with Crippen molar-refractivity contribution in [3.8, 4) is 10.7 Å². The SMILES string of the molecule is Clc1ccc(-c2nc3c(cnc4cscc43)[nH]2)s1. The molecule has 0 radical (unpaired) electrons. The van der Waals surface area contributed by atoms with Crippen LogP contribution in [-0.2, 0) is 0 Å². The average molecular weight is 292 g/mol. The van der Waals surface area contributed by atoms with E-state index in [1.165, 1.54) is 11.3 Å². The van der Waals surface area contributed by atoms with Crippen molar-refractivity contribution in [1.82, 2.24) is 15.0 Å². The summed E-state index contributed by atoms with van der Waals surface area (Å²) in [6.45, 7) is 0. The Hall–Kier alpha value is -1.43. The molecule has 0 aromatic carbocycles. The van der Waals surface area contributed by atoms with E-state index in [2.05, 4.69) is 20.3 Å². The minimum Gasteiger partial charge on any atom is -0.336 e. The Kier molecular flexibility index (Phi) is 2.20. The molecule has 18 heavy (non-hydrogen) atoms. The minimum atomic E-state index is 0.768. The highest BCUT2D eigenvalue weighted by Crippen LogP contribution is 2.32. The molecule has 3 nitrogen and oxygen atoms in total. The number of hydrogen-bond acceptors (Lipinski definition) is 4. The molecule has 0 spiro atoms. The van der Waals surface area contributed by atoms with E-state index < -0.39 is 0 Å². The lowest BCUT2D eigenvalue weighted by Gasteiger charge is -1.88. The number of H-pyrrole nitrogens is 1. The summed E-state index contributed by atoms with van der Waals surface area (Å²) in [5.74, 6) is 0.849. The van der Waals surface area contributed by atoms with E-state index in [1.807, 2.05) is 23.7 Å². The van der Waals surface area contributed by atoms with Crippen molar-refractivity contribution in [3.63, 3.8) is 0 Å². The molecule has 1 N–H and O–H groups in total. The number of nitrogens with zero attached hydrogens (tertiary/aromatic N) is 2. The molecule has 0 aliphatic carbocycles. The zero-order valence-electron chi connectivity index (χ0n) is 8.98. The quantitative estimate of drug-likeness (QED) is 0.559. The summed E-state index contributed by atoms with van der Waals surface area (Å²) in [4.78, 5) is 13.4. The molecule has 0 amide bonds. The Bertz CT molecular complexity index is 858. The van der Waals surface area contributed by atoms with Crippen molar-refractivity contribution in [2.75, 3.05) is 0 Å². The maximum absolute atomic E-state index is 5.95. The van der Waals surface area contributed by atoms with Gasteiger partial charge in [0.1, 0.15) is 11.3 Å². The van der Waals surface area contributed by atoms with Crippen molar-refractivity contribution in [2.45, 2.75) is 0 Å². The molecule has 0 fully saturated rings. The summed E-state index contributed by atoms with van der Waals surface area (Å²) in [6, 6.07) is 3.86. The van der Waals surface area contributed by atoms with Crippen LogP contribution >= 0.6 is 34.3 Å². The molecule has 4 heterocycles. The van der Waals surface area contributed by atoms with Crippen LogP contribution in [0.3, 0.4) is 0 Å². The van der Waals surface area contributed by atoms with Gasteiger partial charge in [-0.2, -0.15) is 0 Å². The molecule has 6 heteroatoms. The molecular weight excluding hydrogens is 286 g/mol. The van der Waals surface area contributed by atoms with Crippen molar-refractivity contribution in [3.05, 3.63) is 33.4 Å². The van der Waals surface area contributed by atoms with Crippen LogP contribution in [0.2, 0.25) is 4.34 Å². The summed E-state index contributed by atoms with van der Waals surface area (Å²) in [7, 11) is 0. The number of rotatable bonds is 1. The van der Waals surface area contributed by atoms with E-state index in [1.54, 1.807) is 11.3 Å². The van der Waals surface area contributed by atoms with Gasteiger partial charge in [-0.3, -0.25) is 4.98 Å². The number of fused-ring (bicyclic) bond motifs is 3. The third-order valence-electron chi connectivity index (χ3n) is 2.77. The summed E-state index contributed by atoms with van der Waals surface area (Å²) in [5, 5.41) is 5.21. The molecule has 4 aromatic rings. The smallest absolute Gasteiger partial charge is 0.148 e. The highest BCUT2D eigenvalue weighted by molar-refractivity contribution is 7.19. The first-order valence-corrected chi connectivity index (χ1v) is 7.41. The van der Waals surface area contributed by atoms with Crippen LogP contribution in [0.25, 0.3) is 32.6 Å². The van der Waals surface area contributed by atoms with Crippen LogP contribution in [0.15, 0.2) is 29.1 Å². The molecule has 0 aliphatic rings. The average Bonchev–Trinajstić information content (AvgIpc) is 3.04. The van der Waals surface area contributed by atoms with E-state index in [4.69, 9.17) is 11.6 Å². The Morgan fingerprint density at radius 2 is 2.17 bits per heavy atom. The molecule has 0 atom stereocenters. The molecular formula is C12H6ClN3S2. The van der Waals surface area contributed by atoms with Gasteiger partial charge >= 0.3 is 0 Å². The molecule has 0 aliphatic heterocycles. The predicted molar refractivity (Wildman–Crippen MR) is 77.6 cm³/mol. The maximum Gasteiger partial charge on any atom is 0.148 e. The zero-order valence-corrected chi connectivity index (χ0v) is 11.4. The van der Waals surface area contributed by atoms with Crippen LogP contribution in [0.1, 0.15) is 0 Å². The largest absolute Gasteiger partial charge is 0.336 e. The Labute approximate surface area is 115 Å². The highest BCUT2D eigenvalue weighted by atomic mass is 35.5. The van der Waals surface area contributed by atoms with E-state index in [0.717, 1.165) is 37.0 Å². The van der Waals surface area contributed by atoms with Gasteiger partial charge in [-0.15, -0.1) is 22.7 Å². The Morgan fingerprint density at radius 1 is 1.22 bits per heavy atom. The lowest BCUT2D eigenvalue weighted by Crippen LogP contribution is -1.74. The second-order valence-electron chi connectivity index (χ2n) is 3.88. The number of halogens is 1. The van der Waals surface area contributed by atoms with Gasteiger partial charge in [0.25, 0.3) is 0 Å². The number of thiophene rings is 2. The van der Waals surface area contributed by atoms with Crippen LogP contribution in [0.4, 0.5) is 0 Å². The minimum absolute atomic E-state index is 0.768. The molecule has 0 bridgehead atoms. The van der Waals surface area contributed by atoms with E-state index in [0.29, 0.717) is 0 Å². The van der Waals surface area contributed by atoms with Gasteiger partial charge in [-0.1, -0.05) is 11.6 Å². The predicted octanol–water partition coefficient (Wildman–Crippen LogP) is 4.55. The first-order valence-electron chi connectivity index (χ1n) is 5.27. The number of aromatic nitrogens is 3. The van der Waals surface area contributed by atoms with Crippen LogP contribution < -0.4 is 0 Å². The number of hydrogen-bond donors (Lipinski definition) is 1. The number of pyridine rings is 1. The van der Waals surface area contributed by atoms with Crippen molar-refractivity contribution >= 4 is 56.2 Å². The van der Waals surface area contributed by atoms with Crippen molar-refractivity contribution < 1.29 is 0 Å². The Balaban J connectivity index is 2.03. The highest BCUT2D eigenvalue weighted by Gasteiger charge is 2.11. The summed E-state index contributed by atoms with van der Waals surface area (Å²) in [5.41, 5.74) is 2.93. The lowest BCUT2D eigenvalue weighted by atomic mass is 10.3. The monoisotopic (exact) mass is 291 g/mol. The van der Waals surface area contributed by atoms with E-state index in [-0.39, 0.29) is 0 Å². The number of imidazole rings is 1. The standard InChI is InChI=1S/C12H6ClN3S2/c13-10-2-1-9(18-10)12-15-7-3-14-8-5-17-4-6(8)11(7)16-12/h1-5H,(H,15,16). The molecule has 0 unspecified atom stereocenters. The topological polar surface area (TPSA) is 41.6 Å². The van der Waals surface area contributed by atoms with E-state index in [9.17, 15) is 0 Å².